The zero-order chi connectivity index (χ0) is 18.8. The third kappa shape index (κ3) is 3.56. The molecule has 1 aromatic heterocycles. The fourth-order valence-electron chi connectivity index (χ4n) is 3.56. The van der Waals surface area contributed by atoms with Crippen molar-refractivity contribution in [2.24, 2.45) is 0 Å². The first-order chi connectivity index (χ1) is 13.1. The molecule has 0 saturated carbocycles. The van der Waals surface area contributed by atoms with E-state index in [-0.39, 0.29) is 17.6 Å². The van der Waals surface area contributed by atoms with Gasteiger partial charge >= 0.3 is 0 Å². The Kier molecular flexibility index (Phi) is 4.62. The Morgan fingerprint density at radius 2 is 1.85 bits per heavy atom. The van der Waals surface area contributed by atoms with Gasteiger partial charge < -0.3 is 15.2 Å². The molecule has 0 atom stereocenters. The number of aromatic nitrogens is 1. The van der Waals surface area contributed by atoms with Gasteiger partial charge in [0.1, 0.15) is 5.82 Å². The maximum atomic E-state index is 14.5. The number of halogens is 1. The molecule has 27 heavy (non-hydrogen) atoms. The van der Waals surface area contributed by atoms with Gasteiger partial charge in [0.2, 0.25) is 5.88 Å². The van der Waals surface area contributed by atoms with Gasteiger partial charge in [-0.3, -0.25) is 4.79 Å². The van der Waals surface area contributed by atoms with Crippen molar-refractivity contribution in [3.8, 4) is 11.1 Å². The van der Waals surface area contributed by atoms with Gasteiger partial charge in [0.05, 0.1) is 5.69 Å². The Morgan fingerprint density at radius 3 is 2.48 bits per heavy atom. The highest BCUT2D eigenvalue weighted by molar-refractivity contribution is 5.94. The van der Waals surface area contributed by atoms with Crippen molar-refractivity contribution in [2.45, 2.75) is 18.8 Å². The van der Waals surface area contributed by atoms with Crippen molar-refractivity contribution in [2.75, 3.05) is 18.8 Å². The Labute approximate surface area is 156 Å². The summed E-state index contributed by atoms with van der Waals surface area (Å²) in [5.74, 6) is -0.00332. The molecule has 2 heterocycles. The molecule has 4 rings (SSSR count). The standard InChI is InChI=1S/C21H20FN3O2/c22-18-12-16(6-7-17(18)14-4-2-1-3-5-14)21(26)25-10-8-15(9-11-25)19-13-20(23)27-24-19/h1-7,12-13,15H,8-11,23H2. The number of piperidine rings is 1. The number of benzene rings is 2. The third-order valence-corrected chi connectivity index (χ3v) is 5.05. The van der Waals surface area contributed by atoms with E-state index in [9.17, 15) is 9.18 Å². The smallest absolute Gasteiger partial charge is 0.253 e. The molecule has 0 aliphatic carbocycles. The van der Waals surface area contributed by atoms with Crippen LogP contribution in [-0.4, -0.2) is 29.1 Å². The van der Waals surface area contributed by atoms with Crippen LogP contribution in [0.15, 0.2) is 59.1 Å². The molecule has 0 radical (unpaired) electrons. The zero-order valence-corrected chi connectivity index (χ0v) is 14.8. The number of amides is 1. The summed E-state index contributed by atoms with van der Waals surface area (Å²) in [6, 6.07) is 15.7. The molecule has 5 nitrogen and oxygen atoms in total. The Hall–Kier alpha value is -3.15. The highest BCUT2D eigenvalue weighted by atomic mass is 19.1. The van der Waals surface area contributed by atoms with Gasteiger partial charge in [-0.15, -0.1) is 0 Å². The van der Waals surface area contributed by atoms with E-state index in [0.717, 1.165) is 24.1 Å². The minimum absolute atomic E-state index is 0.147. The predicted molar refractivity (Wildman–Crippen MR) is 101 cm³/mol. The van der Waals surface area contributed by atoms with Crippen LogP contribution in [0.1, 0.15) is 34.8 Å². The molecular formula is C21H20FN3O2. The Morgan fingerprint density at radius 1 is 1.11 bits per heavy atom. The molecule has 2 aromatic carbocycles. The molecule has 1 amide bonds. The van der Waals surface area contributed by atoms with E-state index in [0.29, 0.717) is 30.1 Å². The Balaban J connectivity index is 1.45. The van der Waals surface area contributed by atoms with E-state index >= 15 is 0 Å². The highest BCUT2D eigenvalue weighted by Gasteiger charge is 2.26. The van der Waals surface area contributed by atoms with Crippen LogP contribution in [0.2, 0.25) is 0 Å². The minimum atomic E-state index is -0.389. The van der Waals surface area contributed by atoms with Crippen LogP contribution in [-0.2, 0) is 0 Å². The fraction of sp³-hybridized carbons (Fsp3) is 0.238. The first kappa shape index (κ1) is 17.3. The number of hydrogen-bond acceptors (Lipinski definition) is 4. The van der Waals surface area contributed by atoms with E-state index in [2.05, 4.69) is 5.16 Å². The lowest BCUT2D eigenvalue weighted by atomic mass is 9.93. The number of anilines is 1. The van der Waals surface area contributed by atoms with Gasteiger partial charge in [0.15, 0.2) is 0 Å². The zero-order valence-electron chi connectivity index (χ0n) is 14.8. The number of carbonyl (C=O) groups is 1. The topological polar surface area (TPSA) is 72.4 Å². The van der Waals surface area contributed by atoms with E-state index in [4.69, 9.17) is 10.3 Å². The first-order valence-corrected chi connectivity index (χ1v) is 8.98. The summed E-state index contributed by atoms with van der Waals surface area (Å²) >= 11 is 0. The molecule has 0 bridgehead atoms. The van der Waals surface area contributed by atoms with Crippen molar-refractivity contribution >= 4 is 11.8 Å². The lowest BCUT2D eigenvalue weighted by Crippen LogP contribution is -2.38. The quantitative estimate of drug-likeness (QED) is 0.759. The SMILES string of the molecule is Nc1cc(C2CCN(C(=O)c3ccc(-c4ccccc4)c(F)c3)CC2)no1. The maximum Gasteiger partial charge on any atom is 0.253 e. The number of nitrogens with zero attached hydrogens (tertiary/aromatic N) is 2. The van der Waals surface area contributed by atoms with Crippen molar-refractivity contribution < 1.29 is 13.7 Å². The van der Waals surface area contributed by atoms with Gasteiger partial charge in [0, 0.05) is 36.2 Å². The molecule has 1 saturated heterocycles. The fourth-order valence-corrected chi connectivity index (χ4v) is 3.56. The summed E-state index contributed by atoms with van der Waals surface area (Å²) < 4.78 is 19.5. The number of nitrogen functional groups attached to an aromatic ring is 1. The molecule has 6 heteroatoms. The second-order valence-electron chi connectivity index (χ2n) is 6.78. The van der Waals surface area contributed by atoms with Gasteiger partial charge in [-0.05, 0) is 30.5 Å². The van der Waals surface area contributed by atoms with Crippen LogP contribution >= 0.6 is 0 Å². The normalized spacial score (nSPS) is 15.1. The Bertz CT molecular complexity index is 947. The van der Waals surface area contributed by atoms with Crippen molar-refractivity contribution in [1.82, 2.24) is 10.1 Å². The molecule has 1 aliphatic heterocycles. The summed E-state index contributed by atoms with van der Waals surface area (Å²) in [6.07, 6.45) is 1.56. The number of hydrogen-bond donors (Lipinski definition) is 1. The number of rotatable bonds is 3. The van der Waals surface area contributed by atoms with Crippen LogP contribution in [0.5, 0.6) is 0 Å². The van der Waals surface area contributed by atoms with Crippen LogP contribution in [0.4, 0.5) is 10.3 Å². The molecule has 2 N–H and O–H groups in total. The predicted octanol–water partition coefficient (Wildman–Crippen LogP) is 4.08. The van der Waals surface area contributed by atoms with E-state index in [1.807, 2.05) is 30.3 Å². The molecule has 1 fully saturated rings. The van der Waals surface area contributed by atoms with Crippen LogP contribution < -0.4 is 5.73 Å². The van der Waals surface area contributed by atoms with Gasteiger partial charge in [-0.25, -0.2) is 4.39 Å². The maximum absolute atomic E-state index is 14.5. The second-order valence-corrected chi connectivity index (χ2v) is 6.78. The van der Waals surface area contributed by atoms with Gasteiger partial charge in [0.25, 0.3) is 5.91 Å². The summed E-state index contributed by atoms with van der Waals surface area (Å²) in [5.41, 5.74) is 8.07. The van der Waals surface area contributed by atoms with E-state index in [1.165, 1.54) is 6.07 Å². The summed E-state index contributed by atoms with van der Waals surface area (Å²) in [4.78, 5) is 14.5. The summed E-state index contributed by atoms with van der Waals surface area (Å²) in [7, 11) is 0. The van der Waals surface area contributed by atoms with Crippen molar-refractivity contribution in [3.63, 3.8) is 0 Å². The lowest BCUT2D eigenvalue weighted by Gasteiger charge is -2.31. The molecule has 138 valence electrons. The number of nitrogens with two attached hydrogens (primary N) is 1. The largest absolute Gasteiger partial charge is 0.368 e. The van der Waals surface area contributed by atoms with E-state index < -0.39 is 0 Å². The van der Waals surface area contributed by atoms with Crippen LogP contribution in [0.25, 0.3) is 11.1 Å². The number of carbonyl (C=O) groups excluding carboxylic acids is 1. The molecular weight excluding hydrogens is 345 g/mol. The molecule has 0 spiro atoms. The van der Waals surface area contributed by atoms with Gasteiger partial charge in [-0.1, -0.05) is 41.6 Å². The van der Waals surface area contributed by atoms with Crippen LogP contribution in [0, 0.1) is 5.82 Å². The van der Waals surface area contributed by atoms with E-state index in [1.54, 1.807) is 23.1 Å². The average Bonchev–Trinajstić information content (AvgIpc) is 3.14. The minimum Gasteiger partial charge on any atom is -0.368 e. The van der Waals surface area contributed by atoms with Crippen molar-refractivity contribution in [3.05, 3.63) is 71.7 Å². The van der Waals surface area contributed by atoms with Gasteiger partial charge in [-0.2, -0.15) is 0 Å². The third-order valence-electron chi connectivity index (χ3n) is 5.05. The average molecular weight is 365 g/mol. The monoisotopic (exact) mass is 365 g/mol. The number of likely N-dealkylation sites (tertiary alicyclic amines) is 1. The first-order valence-electron chi connectivity index (χ1n) is 8.98. The molecule has 0 unspecified atom stereocenters. The highest BCUT2D eigenvalue weighted by Crippen LogP contribution is 2.29. The van der Waals surface area contributed by atoms with Crippen molar-refractivity contribution in [1.29, 1.82) is 0 Å². The summed E-state index contributed by atoms with van der Waals surface area (Å²) in [5, 5.41) is 3.96. The molecule has 3 aromatic rings. The lowest BCUT2D eigenvalue weighted by molar-refractivity contribution is 0.0711. The second kappa shape index (κ2) is 7.23. The van der Waals surface area contributed by atoms with Crippen LogP contribution in [0.3, 0.4) is 0 Å². The summed E-state index contributed by atoms with van der Waals surface area (Å²) in [6.45, 7) is 1.19. The molecule has 1 aliphatic rings.